The van der Waals surface area contributed by atoms with Crippen LogP contribution in [-0.2, 0) is 0 Å². The van der Waals surface area contributed by atoms with Crippen molar-refractivity contribution in [3.05, 3.63) is 22.4 Å². The third kappa shape index (κ3) is 4.19. The van der Waals surface area contributed by atoms with Gasteiger partial charge in [0.15, 0.2) is 0 Å². The Hall–Kier alpha value is -0.420. The largest absolute Gasteiger partial charge is 0.396 e. The molecule has 4 heteroatoms. The molecule has 1 heterocycles. The second-order valence-electron chi connectivity index (χ2n) is 3.17. The summed E-state index contributed by atoms with van der Waals surface area (Å²) in [5, 5.41) is 23.3. The Balaban J connectivity index is 2.07. The van der Waals surface area contributed by atoms with Gasteiger partial charge >= 0.3 is 0 Å². The van der Waals surface area contributed by atoms with Crippen molar-refractivity contribution in [1.29, 1.82) is 0 Å². The summed E-state index contributed by atoms with van der Waals surface area (Å²) in [6.07, 6.45) is 1.37. The van der Waals surface area contributed by atoms with Gasteiger partial charge in [0.25, 0.3) is 0 Å². The molecule has 0 aliphatic heterocycles. The summed E-state index contributed by atoms with van der Waals surface area (Å²) in [5.74, 6) is 0. The van der Waals surface area contributed by atoms with Crippen LogP contribution in [0.4, 0.5) is 0 Å². The first kappa shape index (κ1) is 11.7. The lowest BCUT2D eigenvalue weighted by molar-refractivity contribution is 0.178. The van der Waals surface area contributed by atoms with E-state index in [0.717, 1.165) is 24.3 Å². The number of hydrogen-bond acceptors (Lipinski definition) is 4. The fourth-order valence-corrected chi connectivity index (χ4v) is 1.89. The highest BCUT2D eigenvalue weighted by Crippen LogP contribution is 2.17. The summed E-state index contributed by atoms with van der Waals surface area (Å²) in [6, 6.07) is 3.87. The van der Waals surface area contributed by atoms with Gasteiger partial charge < -0.3 is 15.5 Å². The summed E-state index contributed by atoms with van der Waals surface area (Å²) in [5.41, 5.74) is 0. The van der Waals surface area contributed by atoms with Crippen LogP contribution >= 0.6 is 11.3 Å². The summed E-state index contributed by atoms with van der Waals surface area (Å²) in [4.78, 5) is 1.000. The predicted octanol–water partition coefficient (Wildman–Crippen LogP) is 1.14. The second-order valence-corrected chi connectivity index (χ2v) is 4.15. The molecule has 0 aliphatic rings. The van der Waals surface area contributed by atoms with E-state index in [4.69, 9.17) is 5.11 Å². The average molecular weight is 215 g/mol. The van der Waals surface area contributed by atoms with Crippen LogP contribution in [0.25, 0.3) is 0 Å². The van der Waals surface area contributed by atoms with Crippen LogP contribution in [0, 0.1) is 0 Å². The van der Waals surface area contributed by atoms with Gasteiger partial charge in [0.2, 0.25) is 0 Å². The standard InChI is InChI=1S/C10H17NO2S/c12-6-2-1-5-11-8-9(13)10-4-3-7-14-10/h3-4,7,9,11-13H,1-2,5-6,8H2. The SMILES string of the molecule is OCCCCNCC(O)c1cccs1. The van der Waals surface area contributed by atoms with Crippen molar-refractivity contribution in [1.82, 2.24) is 5.32 Å². The molecule has 1 rings (SSSR count). The van der Waals surface area contributed by atoms with Gasteiger partial charge in [-0.15, -0.1) is 11.3 Å². The molecule has 14 heavy (non-hydrogen) atoms. The minimum atomic E-state index is -0.399. The van der Waals surface area contributed by atoms with E-state index in [1.807, 2.05) is 17.5 Å². The Morgan fingerprint density at radius 3 is 2.93 bits per heavy atom. The lowest BCUT2D eigenvalue weighted by Gasteiger charge is -2.09. The summed E-state index contributed by atoms with van der Waals surface area (Å²) >= 11 is 1.57. The van der Waals surface area contributed by atoms with Gasteiger partial charge in [-0.2, -0.15) is 0 Å². The molecule has 1 atom stereocenters. The van der Waals surface area contributed by atoms with E-state index >= 15 is 0 Å². The van der Waals surface area contributed by atoms with E-state index in [1.54, 1.807) is 11.3 Å². The molecule has 0 aromatic carbocycles. The summed E-state index contributed by atoms with van der Waals surface area (Å²) in [6.45, 7) is 1.68. The first-order valence-corrected chi connectivity index (χ1v) is 5.75. The second kappa shape index (κ2) is 6.95. The average Bonchev–Trinajstić information content (AvgIpc) is 2.70. The Kier molecular flexibility index (Phi) is 5.78. The smallest absolute Gasteiger partial charge is 0.101 e. The highest BCUT2D eigenvalue weighted by atomic mass is 32.1. The molecule has 0 spiro atoms. The van der Waals surface area contributed by atoms with Crippen LogP contribution in [0.5, 0.6) is 0 Å². The van der Waals surface area contributed by atoms with Gasteiger partial charge in [0.05, 0.1) is 0 Å². The minimum absolute atomic E-state index is 0.245. The van der Waals surface area contributed by atoms with Crippen LogP contribution in [0.3, 0.4) is 0 Å². The third-order valence-electron chi connectivity index (χ3n) is 1.97. The predicted molar refractivity (Wildman–Crippen MR) is 58.5 cm³/mol. The van der Waals surface area contributed by atoms with Gasteiger partial charge in [-0.25, -0.2) is 0 Å². The van der Waals surface area contributed by atoms with E-state index in [-0.39, 0.29) is 6.61 Å². The lowest BCUT2D eigenvalue weighted by Crippen LogP contribution is -2.22. The Morgan fingerprint density at radius 2 is 2.29 bits per heavy atom. The Labute approximate surface area is 88.4 Å². The first-order chi connectivity index (χ1) is 6.84. The number of thiophene rings is 1. The maximum absolute atomic E-state index is 9.66. The number of hydrogen-bond donors (Lipinski definition) is 3. The molecular formula is C10H17NO2S. The normalized spacial score (nSPS) is 13.0. The molecule has 1 unspecified atom stereocenters. The molecule has 3 nitrogen and oxygen atoms in total. The number of nitrogens with one attached hydrogen (secondary N) is 1. The topological polar surface area (TPSA) is 52.5 Å². The monoisotopic (exact) mass is 215 g/mol. The molecule has 1 aromatic heterocycles. The minimum Gasteiger partial charge on any atom is -0.396 e. The van der Waals surface area contributed by atoms with Gasteiger partial charge in [-0.3, -0.25) is 0 Å². The van der Waals surface area contributed by atoms with Crippen LogP contribution in [-0.4, -0.2) is 29.9 Å². The molecule has 0 saturated heterocycles. The van der Waals surface area contributed by atoms with E-state index in [1.165, 1.54) is 0 Å². The molecule has 0 amide bonds. The van der Waals surface area contributed by atoms with Gasteiger partial charge in [0, 0.05) is 18.0 Å². The van der Waals surface area contributed by atoms with Gasteiger partial charge in [-0.1, -0.05) is 6.07 Å². The van der Waals surface area contributed by atoms with Crippen LogP contribution < -0.4 is 5.32 Å². The zero-order valence-electron chi connectivity index (χ0n) is 8.15. The summed E-state index contributed by atoms with van der Waals surface area (Å²) in [7, 11) is 0. The number of aliphatic hydroxyl groups excluding tert-OH is 2. The van der Waals surface area contributed by atoms with Gasteiger partial charge in [-0.05, 0) is 30.8 Å². The van der Waals surface area contributed by atoms with Crippen LogP contribution in [0.15, 0.2) is 17.5 Å². The molecule has 0 fully saturated rings. The van der Waals surface area contributed by atoms with Crippen molar-refractivity contribution in [3.8, 4) is 0 Å². The molecule has 3 N–H and O–H groups in total. The highest BCUT2D eigenvalue weighted by Gasteiger charge is 2.06. The molecule has 0 radical (unpaired) electrons. The number of aliphatic hydroxyl groups is 2. The molecule has 0 bridgehead atoms. The van der Waals surface area contributed by atoms with E-state index < -0.39 is 6.10 Å². The van der Waals surface area contributed by atoms with E-state index in [0.29, 0.717) is 6.54 Å². The zero-order chi connectivity index (χ0) is 10.2. The van der Waals surface area contributed by atoms with E-state index in [9.17, 15) is 5.11 Å². The van der Waals surface area contributed by atoms with Gasteiger partial charge in [0.1, 0.15) is 6.10 Å². The fraction of sp³-hybridized carbons (Fsp3) is 0.600. The molecule has 80 valence electrons. The first-order valence-electron chi connectivity index (χ1n) is 4.87. The summed E-state index contributed by atoms with van der Waals surface area (Å²) < 4.78 is 0. The number of rotatable bonds is 7. The maximum atomic E-state index is 9.66. The molecular weight excluding hydrogens is 198 g/mol. The Bertz CT molecular complexity index is 226. The van der Waals surface area contributed by atoms with Crippen molar-refractivity contribution in [2.45, 2.75) is 18.9 Å². The quantitative estimate of drug-likeness (QED) is 0.598. The van der Waals surface area contributed by atoms with Crippen molar-refractivity contribution in [2.24, 2.45) is 0 Å². The van der Waals surface area contributed by atoms with Crippen molar-refractivity contribution < 1.29 is 10.2 Å². The molecule has 0 saturated carbocycles. The lowest BCUT2D eigenvalue weighted by atomic mass is 10.2. The zero-order valence-corrected chi connectivity index (χ0v) is 8.96. The molecule has 0 aliphatic carbocycles. The fourth-order valence-electron chi connectivity index (χ4n) is 1.18. The van der Waals surface area contributed by atoms with Crippen molar-refractivity contribution in [3.63, 3.8) is 0 Å². The van der Waals surface area contributed by atoms with Crippen LogP contribution in [0.1, 0.15) is 23.8 Å². The van der Waals surface area contributed by atoms with E-state index in [2.05, 4.69) is 5.32 Å². The number of unbranched alkanes of at least 4 members (excludes halogenated alkanes) is 1. The Morgan fingerprint density at radius 1 is 1.43 bits per heavy atom. The molecule has 1 aromatic rings. The maximum Gasteiger partial charge on any atom is 0.101 e. The highest BCUT2D eigenvalue weighted by molar-refractivity contribution is 7.10. The van der Waals surface area contributed by atoms with Crippen molar-refractivity contribution in [2.75, 3.05) is 19.7 Å². The van der Waals surface area contributed by atoms with Crippen LogP contribution in [0.2, 0.25) is 0 Å². The third-order valence-corrected chi connectivity index (χ3v) is 2.94. The van der Waals surface area contributed by atoms with Crippen molar-refractivity contribution >= 4 is 11.3 Å².